The van der Waals surface area contributed by atoms with Crippen LogP contribution in [0, 0.1) is 12.7 Å². The summed E-state index contributed by atoms with van der Waals surface area (Å²) in [6, 6.07) is 13.8. The minimum atomic E-state index is -0.424. The van der Waals surface area contributed by atoms with E-state index in [0.717, 1.165) is 11.3 Å². The number of hydrogen-bond donors (Lipinski definition) is 1. The van der Waals surface area contributed by atoms with E-state index in [2.05, 4.69) is 15.5 Å². The summed E-state index contributed by atoms with van der Waals surface area (Å²) < 4.78 is 21.0. The van der Waals surface area contributed by atoms with Crippen LogP contribution < -0.4 is 10.1 Å². The Labute approximate surface area is 167 Å². The van der Waals surface area contributed by atoms with Gasteiger partial charge in [0.1, 0.15) is 6.61 Å². The second-order valence-corrected chi connectivity index (χ2v) is 6.96. The van der Waals surface area contributed by atoms with Gasteiger partial charge in [-0.15, -0.1) is 10.2 Å². The van der Waals surface area contributed by atoms with Crippen molar-refractivity contribution in [1.29, 1.82) is 0 Å². The van der Waals surface area contributed by atoms with Gasteiger partial charge in [0.2, 0.25) is 5.91 Å². The number of carbonyl (C=O) groups excluding carboxylic acids is 1. The maximum absolute atomic E-state index is 13.7. The highest BCUT2D eigenvalue weighted by Gasteiger charge is 2.14. The third-order valence-electron chi connectivity index (χ3n) is 4.05. The molecule has 0 fully saturated rings. The van der Waals surface area contributed by atoms with Crippen LogP contribution in [0.1, 0.15) is 18.3 Å². The van der Waals surface area contributed by atoms with Gasteiger partial charge in [-0.25, -0.2) is 4.39 Å². The highest BCUT2D eigenvalue weighted by Crippen LogP contribution is 2.21. The van der Waals surface area contributed by atoms with Gasteiger partial charge < -0.3 is 14.6 Å². The van der Waals surface area contributed by atoms with E-state index in [1.807, 2.05) is 42.7 Å². The van der Waals surface area contributed by atoms with Gasteiger partial charge in [0.05, 0.1) is 5.75 Å². The maximum Gasteiger partial charge on any atom is 0.234 e. The van der Waals surface area contributed by atoms with Gasteiger partial charge in [0, 0.05) is 12.2 Å². The van der Waals surface area contributed by atoms with Crippen molar-refractivity contribution >= 4 is 23.4 Å². The van der Waals surface area contributed by atoms with Crippen molar-refractivity contribution in [3.8, 4) is 5.75 Å². The minimum absolute atomic E-state index is 0.0950. The average Bonchev–Trinajstić information content (AvgIpc) is 3.09. The molecule has 0 aliphatic rings. The fourth-order valence-electron chi connectivity index (χ4n) is 2.58. The molecule has 0 radical (unpaired) electrons. The van der Waals surface area contributed by atoms with Crippen molar-refractivity contribution in [2.75, 3.05) is 11.1 Å². The summed E-state index contributed by atoms with van der Waals surface area (Å²) in [5.74, 6) is 0.412. The summed E-state index contributed by atoms with van der Waals surface area (Å²) in [6.07, 6.45) is 0. The SMILES string of the molecule is CCn1c(COc2ccccc2F)nnc1SCC(=O)Nc1ccccc1C. The molecule has 1 heterocycles. The Morgan fingerprint density at radius 2 is 1.93 bits per heavy atom. The number of amides is 1. The molecule has 6 nitrogen and oxygen atoms in total. The average molecular weight is 400 g/mol. The zero-order valence-corrected chi connectivity index (χ0v) is 16.5. The fourth-order valence-corrected chi connectivity index (χ4v) is 3.41. The molecule has 1 amide bonds. The summed E-state index contributed by atoms with van der Waals surface area (Å²) in [5.41, 5.74) is 1.80. The third-order valence-corrected chi connectivity index (χ3v) is 5.02. The van der Waals surface area contributed by atoms with E-state index in [1.165, 1.54) is 17.8 Å². The number of halogens is 1. The van der Waals surface area contributed by atoms with Crippen molar-refractivity contribution in [2.45, 2.75) is 32.2 Å². The second kappa shape index (κ2) is 9.36. The van der Waals surface area contributed by atoms with Gasteiger partial charge in [-0.3, -0.25) is 4.79 Å². The van der Waals surface area contributed by atoms with E-state index < -0.39 is 5.82 Å². The number of ether oxygens (including phenoxy) is 1. The second-order valence-electron chi connectivity index (χ2n) is 6.01. The highest BCUT2D eigenvalue weighted by molar-refractivity contribution is 7.99. The summed E-state index contributed by atoms with van der Waals surface area (Å²) >= 11 is 1.30. The van der Waals surface area contributed by atoms with E-state index in [-0.39, 0.29) is 24.0 Å². The topological polar surface area (TPSA) is 69.0 Å². The van der Waals surface area contributed by atoms with Gasteiger partial charge in [-0.05, 0) is 37.6 Å². The first kappa shape index (κ1) is 19.9. The lowest BCUT2D eigenvalue weighted by atomic mass is 10.2. The minimum Gasteiger partial charge on any atom is -0.483 e. The smallest absolute Gasteiger partial charge is 0.234 e. The Kier molecular flexibility index (Phi) is 6.65. The van der Waals surface area contributed by atoms with Gasteiger partial charge in [0.15, 0.2) is 22.5 Å². The van der Waals surface area contributed by atoms with Gasteiger partial charge >= 0.3 is 0 Å². The highest BCUT2D eigenvalue weighted by atomic mass is 32.2. The molecule has 3 rings (SSSR count). The number of benzene rings is 2. The molecule has 1 aromatic heterocycles. The number of anilines is 1. The van der Waals surface area contributed by atoms with Crippen LogP contribution in [0.15, 0.2) is 53.7 Å². The molecule has 0 atom stereocenters. The molecule has 3 aromatic rings. The monoisotopic (exact) mass is 400 g/mol. The molecule has 0 aliphatic heterocycles. The molecule has 0 spiro atoms. The zero-order valence-electron chi connectivity index (χ0n) is 15.7. The molecule has 146 valence electrons. The van der Waals surface area contributed by atoms with Crippen LogP contribution >= 0.6 is 11.8 Å². The van der Waals surface area contributed by atoms with E-state index in [9.17, 15) is 9.18 Å². The number of aromatic nitrogens is 3. The molecule has 0 saturated carbocycles. The molecule has 1 N–H and O–H groups in total. The number of carbonyl (C=O) groups is 1. The van der Waals surface area contributed by atoms with Crippen LogP contribution in [0.3, 0.4) is 0 Å². The Balaban J connectivity index is 1.59. The number of para-hydroxylation sites is 2. The van der Waals surface area contributed by atoms with Crippen molar-refractivity contribution in [2.24, 2.45) is 0 Å². The van der Waals surface area contributed by atoms with Crippen LogP contribution in [0.4, 0.5) is 10.1 Å². The van der Waals surface area contributed by atoms with E-state index in [0.29, 0.717) is 17.5 Å². The summed E-state index contributed by atoms with van der Waals surface area (Å²) in [5, 5.41) is 11.8. The molecule has 8 heteroatoms. The first-order chi connectivity index (χ1) is 13.6. The quantitative estimate of drug-likeness (QED) is 0.578. The van der Waals surface area contributed by atoms with Crippen LogP contribution in [0.5, 0.6) is 5.75 Å². The molecular formula is C20H21FN4O2S. The Hall–Kier alpha value is -2.87. The molecule has 2 aromatic carbocycles. The molecule has 0 bridgehead atoms. The number of nitrogens with zero attached hydrogens (tertiary/aromatic N) is 3. The number of aryl methyl sites for hydroxylation is 1. The van der Waals surface area contributed by atoms with Crippen molar-refractivity contribution in [3.63, 3.8) is 0 Å². The predicted molar refractivity (Wildman–Crippen MR) is 107 cm³/mol. The van der Waals surface area contributed by atoms with Crippen LogP contribution in [0.2, 0.25) is 0 Å². The molecule has 0 unspecified atom stereocenters. The van der Waals surface area contributed by atoms with E-state index >= 15 is 0 Å². The number of thioether (sulfide) groups is 1. The molecule has 0 aliphatic carbocycles. The number of hydrogen-bond acceptors (Lipinski definition) is 5. The lowest BCUT2D eigenvalue weighted by Crippen LogP contribution is -2.15. The van der Waals surface area contributed by atoms with Gasteiger partial charge in [0.25, 0.3) is 0 Å². The van der Waals surface area contributed by atoms with Crippen molar-refractivity contribution in [1.82, 2.24) is 14.8 Å². The maximum atomic E-state index is 13.7. The molecule has 0 saturated heterocycles. The summed E-state index contributed by atoms with van der Waals surface area (Å²) in [6.45, 7) is 4.61. The van der Waals surface area contributed by atoms with E-state index in [1.54, 1.807) is 18.2 Å². The Morgan fingerprint density at radius 1 is 1.18 bits per heavy atom. The van der Waals surface area contributed by atoms with Crippen LogP contribution in [0.25, 0.3) is 0 Å². The van der Waals surface area contributed by atoms with Gasteiger partial charge in [-0.1, -0.05) is 42.1 Å². The van der Waals surface area contributed by atoms with Crippen LogP contribution in [-0.4, -0.2) is 26.4 Å². The van der Waals surface area contributed by atoms with Gasteiger partial charge in [-0.2, -0.15) is 0 Å². The van der Waals surface area contributed by atoms with Crippen molar-refractivity contribution < 1.29 is 13.9 Å². The molecular weight excluding hydrogens is 379 g/mol. The standard InChI is InChI=1S/C20H21FN4O2S/c1-3-25-18(12-27-17-11-7-5-9-15(17)21)23-24-20(25)28-13-19(26)22-16-10-6-4-8-14(16)2/h4-11H,3,12-13H2,1-2H3,(H,22,26). The van der Waals surface area contributed by atoms with Crippen molar-refractivity contribution in [3.05, 3.63) is 65.7 Å². The number of rotatable bonds is 8. The fraction of sp³-hybridized carbons (Fsp3) is 0.250. The Bertz CT molecular complexity index is 961. The van der Waals surface area contributed by atoms with Crippen LogP contribution in [-0.2, 0) is 17.9 Å². The summed E-state index contributed by atoms with van der Waals surface area (Å²) in [7, 11) is 0. The normalized spacial score (nSPS) is 10.7. The summed E-state index contributed by atoms with van der Waals surface area (Å²) in [4.78, 5) is 12.2. The van der Waals surface area contributed by atoms with E-state index in [4.69, 9.17) is 4.74 Å². The Morgan fingerprint density at radius 3 is 2.68 bits per heavy atom. The first-order valence-corrected chi connectivity index (χ1v) is 9.84. The number of nitrogens with one attached hydrogen (secondary N) is 1. The predicted octanol–water partition coefficient (Wildman–Crippen LogP) is 4.06. The largest absolute Gasteiger partial charge is 0.483 e. The lowest BCUT2D eigenvalue weighted by molar-refractivity contribution is -0.113. The third kappa shape index (κ3) is 4.89. The lowest BCUT2D eigenvalue weighted by Gasteiger charge is -2.10. The molecule has 28 heavy (non-hydrogen) atoms. The zero-order chi connectivity index (χ0) is 19.9. The first-order valence-electron chi connectivity index (χ1n) is 8.86.